The van der Waals surface area contributed by atoms with Crippen LogP contribution in [0.5, 0.6) is 0 Å². The lowest BCUT2D eigenvalue weighted by Gasteiger charge is -2.12. The second-order valence-corrected chi connectivity index (χ2v) is 4.33. The van der Waals surface area contributed by atoms with Gasteiger partial charge in [-0.05, 0) is 18.1 Å². The molecule has 0 fully saturated rings. The van der Waals surface area contributed by atoms with Crippen LogP contribution in [0.4, 0.5) is 0 Å². The summed E-state index contributed by atoms with van der Waals surface area (Å²) in [5, 5.41) is 3.36. The number of terminal acetylenes is 1. The molecular weight excluding hydrogens is 250 g/mol. The molecule has 1 aromatic rings. The highest BCUT2D eigenvalue weighted by molar-refractivity contribution is 9.10. The van der Waals surface area contributed by atoms with Crippen LogP contribution >= 0.6 is 15.9 Å². The van der Waals surface area contributed by atoms with E-state index in [0.29, 0.717) is 0 Å². The zero-order chi connectivity index (χ0) is 11.1. The first-order chi connectivity index (χ1) is 7.27. The second kappa shape index (κ2) is 6.66. The van der Waals surface area contributed by atoms with Gasteiger partial charge in [0.2, 0.25) is 0 Å². The van der Waals surface area contributed by atoms with Crippen LogP contribution in [0, 0.1) is 12.3 Å². The van der Waals surface area contributed by atoms with Gasteiger partial charge in [0.05, 0.1) is 6.04 Å². The third-order valence-corrected chi connectivity index (χ3v) is 3.05. The van der Waals surface area contributed by atoms with Gasteiger partial charge in [-0.25, -0.2) is 0 Å². The zero-order valence-corrected chi connectivity index (χ0v) is 10.5. The van der Waals surface area contributed by atoms with Crippen LogP contribution < -0.4 is 5.32 Å². The zero-order valence-electron chi connectivity index (χ0n) is 8.96. The van der Waals surface area contributed by atoms with Crippen molar-refractivity contribution >= 4 is 15.9 Å². The molecule has 1 aromatic carbocycles. The van der Waals surface area contributed by atoms with Crippen LogP contribution in [0.3, 0.4) is 0 Å². The summed E-state index contributed by atoms with van der Waals surface area (Å²) >= 11 is 3.52. The minimum Gasteiger partial charge on any atom is -0.300 e. The Morgan fingerprint density at radius 3 is 2.80 bits per heavy atom. The Balaban J connectivity index is 2.50. The topological polar surface area (TPSA) is 12.0 Å². The predicted octanol–water partition coefficient (Wildman–Crippen LogP) is 3.34. The SMILES string of the molecule is C#CC(CCC)NCc1ccccc1Br. The van der Waals surface area contributed by atoms with Gasteiger partial charge in [0.25, 0.3) is 0 Å². The van der Waals surface area contributed by atoms with Gasteiger partial charge < -0.3 is 0 Å². The summed E-state index contributed by atoms with van der Waals surface area (Å²) in [5.41, 5.74) is 1.24. The summed E-state index contributed by atoms with van der Waals surface area (Å²) in [7, 11) is 0. The van der Waals surface area contributed by atoms with Crippen LogP contribution in [0.25, 0.3) is 0 Å². The number of hydrogen-bond acceptors (Lipinski definition) is 1. The average molecular weight is 266 g/mol. The number of benzene rings is 1. The minimum absolute atomic E-state index is 0.183. The van der Waals surface area contributed by atoms with E-state index in [1.54, 1.807) is 0 Å². The summed E-state index contributed by atoms with van der Waals surface area (Å²) in [5.74, 6) is 2.77. The molecule has 0 heterocycles. The first kappa shape index (κ1) is 12.3. The van der Waals surface area contributed by atoms with Crippen molar-refractivity contribution in [1.29, 1.82) is 0 Å². The fourth-order valence-corrected chi connectivity index (χ4v) is 1.83. The largest absolute Gasteiger partial charge is 0.300 e. The van der Waals surface area contributed by atoms with E-state index in [4.69, 9.17) is 6.42 Å². The highest BCUT2D eigenvalue weighted by Crippen LogP contribution is 2.15. The number of halogens is 1. The van der Waals surface area contributed by atoms with E-state index >= 15 is 0 Å². The van der Waals surface area contributed by atoms with E-state index in [-0.39, 0.29) is 6.04 Å². The first-order valence-electron chi connectivity index (χ1n) is 5.20. The molecule has 0 bridgehead atoms. The fourth-order valence-electron chi connectivity index (χ4n) is 1.41. The maximum Gasteiger partial charge on any atom is 0.0689 e. The Morgan fingerprint density at radius 2 is 2.20 bits per heavy atom. The van der Waals surface area contributed by atoms with Gasteiger partial charge in [0.1, 0.15) is 0 Å². The van der Waals surface area contributed by atoms with E-state index in [9.17, 15) is 0 Å². The van der Waals surface area contributed by atoms with Gasteiger partial charge >= 0.3 is 0 Å². The number of rotatable bonds is 5. The van der Waals surface area contributed by atoms with Crippen molar-refractivity contribution < 1.29 is 0 Å². The molecule has 0 saturated carbocycles. The summed E-state index contributed by atoms with van der Waals surface area (Å²) in [6.07, 6.45) is 7.57. The first-order valence-corrected chi connectivity index (χ1v) is 6.00. The highest BCUT2D eigenvalue weighted by atomic mass is 79.9. The van der Waals surface area contributed by atoms with E-state index in [1.165, 1.54) is 5.56 Å². The Morgan fingerprint density at radius 1 is 1.47 bits per heavy atom. The molecule has 0 radical (unpaired) electrons. The van der Waals surface area contributed by atoms with Gasteiger partial charge in [-0.3, -0.25) is 5.32 Å². The van der Waals surface area contributed by atoms with Crippen LogP contribution in [-0.2, 0) is 6.54 Å². The maximum atomic E-state index is 5.44. The van der Waals surface area contributed by atoms with Crippen molar-refractivity contribution in [3.05, 3.63) is 34.3 Å². The Hall–Kier alpha value is -0.780. The molecule has 0 aliphatic heterocycles. The summed E-state index contributed by atoms with van der Waals surface area (Å²) in [4.78, 5) is 0. The smallest absolute Gasteiger partial charge is 0.0689 e. The fraction of sp³-hybridized carbons (Fsp3) is 0.385. The molecule has 0 aromatic heterocycles. The molecule has 0 spiro atoms. The molecule has 0 aliphatic rings. The normalized spacial score (nSPS) is 12.1. The van der Waals surface area contributed by atoms with Gasteiger partial charge in [-0.1, -0.05) is 53.4 Å². The monoisotopic (exact) mass is 265 g/mol. The highest BCUT2D eigenvalue weighted by Gasteiger charge is 2.03. The van der Waals surface area contributed by atoms with E-state index in [2.05, 4.69) is 40.2 Å². The number of hydrogen-bond donors (Lipinski definition) is 1. The standard InChI is InChI=1S/C13H16BrN/c1-3-7-12(4-2)15-10-11-8-5-6-9-13(11)14/h2,5-6,8-9,12,15H,3,7,10H2,1H3. The quantitative estimate of drug-likeness (QED) is 0.806. The number of nitrogens with one attached hydrogen (secondary N) is 1. The molecule has 1 nitrogen and oxygen atoms in total. The Kier molecular flexibility index (Phi) is 5.45. The lowest BCUT2D eigenvalue weighted by Crippen LogP contribution is -2.26. The van der Waals surface area contributed by atoms with Gasteiger partial charge in [-0.15, -0.1) is 6.42 Å². The molecular formula is C13H16BrN. The van der Waals surface area contributed by atoms with E-state index in [1.807, 2.05) is 18.2 Å². The van der Waals surface area contributed by atoms with E-state index in [0.717, 1.165) is 23.9 Å². The molecule has 1 rings (SSSR count). The Bertz CT molecular complexity index is 341. The lowest BCUT2D eigenvalue weighted by atomic mass is 10.1. The molecule has 1 N–H and O–H groups in total. The van der Waals surface area contributed by atoms with Crippen molar-refractivity contribution in [2.75, 3.05) is 0 Å². The molecule has 2 heteroatoms. The van der Waals surface area contributed by atoms with Crippen LogP contribution in [0.2, 0.25) is 0 Å². The van der Waals surface area contributed by atoms with E-state index < -0.39 is 0 Å². The van der Waals surface area contributed by atoms with Crippen LogP contribution in [0.1, 0.15) is 25.3 Å². The summed E-state index contributed by atoms with van der Waals surface area (Å²) in [6.45, 7) is 2.96. The lowest BCUT2D eigenvalue weighted by molar-refractivity contribution is 0.562. The molecule has 0 aliphatic carbocycles. The van der Waals surface area contributed by atoms with Crippen molar-refractivity contribution in [2.45, 2.75) is 32.4 Å². The molecule has 15 heavy (non-hydrogen) atoms. The van der Waals surface area contributed by atoms with Gasteiger partial charge in [-0.2, -0.15) is 0 Å². The van der Waals surface area contributed by atoms with Crippen LogP contribution in [0.15, 0.2) is 28.7 Å². The molecule has 80 valence electrons. The Labute approximate surface area is 100 Å². The summed E-state index contributed by atoms with van der Waals surface area (Å²) < 4.78 is 1.13. The molecule has 1 atom stereocenters. The van der Waals surface area contributed by atoms with Crippen molar-refractivity contribution in [3.8, 4) is 12.3 Å². The van der Waals surface area contributed by atoms with Crippen molar-refractivity contribution in [2.24, 2.45) is 0 Å². The van der Waals surface area contributed by atoms with Crippen molar-refractivity contribution in [3.63, 3.8) is 0 Å². The summed E-state index contributed by atoms with van der Waals surface area (Å²) in [6, 6.07) is 8.37. The van der Waals surface area contributed by atoms with Gasteiger partial charge in [0.15, 0.2) is 0 Å². The second-order valence-electron chi connectivity index (χ2n) is 3.48. The minimum atomic E-state index is 0.183. The predicted molar refractivity (Wildman–Crippen MR) is 68.5 cm³/mol. The third-order valence-electron chi connectivity index (χ3n) is 2.28. The maximum absolute atomic E-state index is 5.44. The van der Waals surface area contributed by atoms with Crippen molar-refractivity contribution in [1.82, 2.24) is 5.32 Å². The molecule has 1 unspecified atom stereocenters. The van der Waals surface area contributed by atoms with Gasteiger partial charge in [0, 0.05) is 11.0 Å². The molecule has 0 saturated heterocycles. The van der Waals surface area contributed by atoms with Crippen LogP contribution in [-0.4, -0.2) is 6.04 Å². The molecule has 0 amide bonds. The average Bonchev–Trinajstić information content (AvgIpc) is 2.26. The third kappa shape index (κ3) is 4.07.